The van der Waals surface area contributed by atoms with Gasteiger partial charge in [0.05, 0.1) is 27.1 Å². The molecular weight excluding hydrogens is 402 g/mol. The van der Waals surface area contributed by atoms with Crippen molar-refractivity contribution in [2.24, 2.45) is 0 Å². The van der Waals surface area contributed by atoms with Crippen LogP contribution < -0.4 is 4.90 Å². The van der Waals surface area contributed by atoms with E-state index in [2.05, 4.69) is 42.2 Å². The van der Waals surface area contributed by atoms with Crippen LogP contribution in [0.4, 0.5) is 17.3 Å². The molecule has 1 aliphatic heterocycles. The van der Waals surface area contributed by atoms with E-state index in [1.54, 1.807) is 0 Å². The van der Waals surface area contributed by atoms with Crippen LogP contribution in [0.25, 0.3) is 22.1 Å². The summed E-state index contributed by atoms with van der Waals surface area (Å²) < 4.78 is 19.9. The fourth-order valence-electron chi connectivity index (χ4n) is 4.29. The Balaban J connectivity index is 1.70. The summed E-state index contributed by atoms with van der Waals surface area (Å²) >= 11 is 0. The highest BCUT2D eigenvalue weighted by Crippen LogP contribution is 2.52. The molecule has 0 amide bonds. The smallest absolute Gasteiger partial charge is 0.222 e. The van der Waals surface area contributed by atoms with Crippen molar-refractivity contribution in [3.05, 3.63) is 103 Å². The number of aryl methyl sites for hydroxylation is 1. The highest BCUT2D eigenvalue weighted by atomic mass is 32.2. The van der Waals surface area contributed by atoms with Crippen molar-refractivity contribution >= 4 is 39.0 Å². The van der Waals surface area contributed by atoms with Gasteiger partial charge < -0.3 is 4.42 Å². The van der Waals surface area contributed by atoms with E-state index in [0.29, 0.717) is 5.88 Å². The van der Waals surface area contributed by atoms with Gasteiger partial charge in [-0.1, -0.05) is 66.2 Å². The van der Waals surface area contributed by atoms with Gasteiger partial charge >= 0.3 is 0 Å². The Morgan fingerprint density at radius 1 is 0.774 bits per heavy atom. The van der Waals surface area contributed by atoms with E-state index < -0.39 is 10.8 Å². The minimum absolute atomic E-state index is 0.624. The molecule has 0 saturated heterocycles. The molecule has 0 fully saturated rings. The maximum absolute atomic E-state index is 13.6. The zero-order chi connectivity index (χ0) is 20.9. The lowest BCUT2D eigenvalue weighted by Crippen LogP contribution is -2.18. The first kappa shape index (κ1) is 18.2. The SMILES string of the molecule is Cc1ccc(N2c3ccccc3S(=O)c3c2oc2ccccc32)c(-c2ccccc2)c1. The largest absolute Gasteiger partial charge is 0.438 e. The summed E-state index contributed by atoms with van der Waals surface area (Å²) in [6.07, 6.45) is 0. The predicted molar refractivity (Wildman–Crippen MR) is 126 cm³/mol. The van der Waals surface area contributed by atoms with Crippen LogP contribution in [-0.4, -0.2) is 4.21 Å². The summed E-state index contributed by atoms with van der Waals surface area (Å²) in [5.74, 6) is 0.624. The quantitative estimate of drug-likeness (QED) is 0.293. The van der Waals surface area contributed by atoms with Gasteiger partial charge in [0.2, 0.25) is 5.88 Å². The number of nitrogens with zero attached hydrogens (tertiary/aromatic N) is 1. The van der Waals surface area contributed by atoms with E-state index in [0.717, 1.165) is 43.3 Å². The van der Waals surface area contributed by atoms with Crippen molar-refractivity contribution in [2.75, 3.05) is 4.90 Å². The second kappa shape index (κ2) is 6.96. The zero-order valence-corrected chi connectivity index (χ0v) is 17.7. The Kier molecular flexibility index (Phi) is 4.08. The Hall–Kier alpha value is -3.63. The van der Waals surface area contributed by atoms with Crippen molar-refractivity contribution in [3.8, 4) is 11.1 Å². The monoisotopic (exact) mass is 421 g/mol. The van der Waals surface area contributed by atoms with Crippen molar-refractivity contribution in [2.45, 2.75) is 16.7 Å². The second-order valence-electron chi connectivity index (χ2n) is 7.69. The molecule has 0 saturated carbocycles. The molecule has 0 radical (unpaired) electrons. The molecule has 1 atom stereocenters. The molecule has 6 rings (SSSR count). The van der Waals surface area contributed by atoms with Crippen LogP contribution in [-0.2, 0) is 10.8 Å². The van der Waals surface area contributed by atoms with Gasteiger partial charge in [-0.25, -0.2) is 4.21 Å². The lowest BCUT2D eigenvalue weighted by atomic mass is 10.00. The van der Waals surface area contributed by atoms with E-state index in [4.69, 9.17) is 4.42 Å². The number of hydrogen-bond donors (Lipinski definition) is 0. The molecule has 0 spiro atoms. The van der Waals surface area contributed by atoms with Crippen LogP contribution >= 0.6 is 0 Å². The van der Waals surface area contributed by atoms with E-state index in [1.165, 1.54) is 5.56 Å². The van der Waals surface area contributed by atoms with Gasteiger partial charge in [0, 0.05) is 10.9 Å². The number of hydrogen-bond acceptors (Lipinski definition) is 3. The predicted octanol–water partition coefficient (Wildman–Crippen LogP) is 7.36. The van der Waals surface area contributed by atoms with E-state index in [1.807, 2.05) is 66.7 Å². The van der Waals surface area contributed by atoms with Gasteiger partial charge in [-0.3, -0.25) is 4.90 Å². The molecule has 0 bridgehead atoms. The number of para-hydroxylation sites is 2. The topological polar surface area (TPSA) is 33.5 Å². The van der Waals surface area contributed by atoms with Gasteiger partial charge in [-0.05, 0) is 48.9 Å². The summed E-state index contributed by atoms with van der Waals surface area (Å²) in [5.41, 5.74) is 6.04. The molecule has 1 aromatic heterocycles. The lowest BCUT2D eigenvalue weighted by Gasteiger charge is -2.31. The summed E-state index contributed by atoms with van der Waals surface area (Å²) in [6, 6.07) is 32.5. The normalized spacial score (nSPS) is 15.0. The average molecular weight is 422 g/mol. The Morgan fingerprint density at radius 2 is 1.52 bits per heavy atom. The molecule has 4 heteroatoms. The summed E-state index contributed by atoms with van der Waals surface area (Å²) in [7, 11) is -1.32. The first-order valence-electron chi connectivity index (χ1n) is 10.2. The first-order valence-corrected chi connectivity index (χ1v) is 11.4. The summed E-state index contributed by atoms with van der Waals surface area (Å²) in [6.45, 7) is 2.10. The molecule has 150 valence electrons. The third kappa shape index (κ3) is 2.76. The van der Waals surface area contributed by atoms with Crippen molar-refractivity contribution in [3.63, 3.8) is 0 Å². The van der Waals surface area contributed by atoms with Gasteiger partial charge in [0.15, 0.2) is 0 Å². The second-order valence-corrected chi connectivity index (χ2v) is 9.08. The Morgan fingerprint density at radius 3 is 2.39 bits per heavy atom. The third-order valence-electron chi connectivity index (χ3n) is 5.70. The van der Waals surface area contributed by atoms with E-state index in [9.17, 15) is 4.21 Å². The van der Waals surface area contributed by atoms with Crippen LogP contribution in [0.15, 0.2) is 111 Å². The van der Waals surface area contributed by atoms with Crippen molar-refractivity contribution < 1.29 is 8.63 Å². The summed E-state index contributed by atoms with van der Waals surface area (Å²) in [5, 5.41) is 0.892. The molecule has 0 N–H and O–H groups in total. The van der Waals surface area contributed by atoms with Crippen molar-refractivity contribution in [1.29, 1.82) is 0 Å². The summed E-state index contributed by atoms with van der Waals surface area (Å²) in [4.78, 5) is 3.64. The molecule has 0 aliphatic carbocycles. The molecule has 2 heterocycles. The number of benzene rings is 4. The number of rotatable bonds is 2. The molecular formula is C27H19NO2S. The van der Waals surface area contributed by atoms with Crippen LogP contribution in [0.3, 0.4) is 0 Å². The minimum Gasteiger partial charge on any atom is -0.438 e. The van der Waals surface area contributed by atoms with Crippen LogP contribution in [0, 0.1) is 6.92 Å². The van der Waals surface area contributed by atoms with Crippen molar-refractivity contribution in [1.82, 2.24) is 0 Å². The van der Waals surface area contributed by atoms with Gasteiger partial charge in [-0.15, -0.1) is 0 Å². The molecule has 1 aliphatic rings. The lowest BCUT2D eigenvalue weighted by molar-refractivity contribution is 0.608. The highest BCUT2D eigenvalue weighted by molar-refractivity contribution is 7.85. The first-order chi connectivity index (χ1) is 15.2. The number of anilines is 3. The number of fused-ring (bicyclic) bond motifs is 4. The zero-order valence-electron chi connectivity index (χ0n) is 16.9. The maximum atomic E-state index is 13.6. The minimum atomic E-state index is -1.32. The fraction of sp³-hybridized carbons (Fsp3) is 0.0370. The van der Waals surface area contributed by atoms with E-state index in [-0.39, 0.29) is 0 Å². The molecule has 4 aromatic carbocycles. The van der Waals surface area contributed by atoms with E-state index >= 15 is 0 Å². The molecule has 3 nitrogen and oxygen atoms in total. The Labute approximate surface area is 183 Å². The molecule has 31 heavy (non-hydrogen) atoms. The standard InChI is InChI=1S/C27H19NO2S/c1-18-15-16-22(21(17-18)19-9-3-2-4-10-19)28-23-12-6-8-14-25(23)31(29)26-20-11-5-7-13-24(20)30-27(26)28/h2-17H,1H3. The third-order valence-corrected chi connectivity index (χ3v) is 7.21. The van der Waals surface area contributed by atoms with Gasteiger partial charge in [0.25, 0.3) is 0 Å². The average Bonchev–Trinajstić information content (AvgIpc) is 3.20. The Bertz CT molecular complexity index is 1470. The van der Waals surface area contributed by atoms with Gasteiger partial charge in [0.1, 0.15) is 10.5 Å². The van der Waals surface area contributed by atoms with Crippen LogP contribution in [0.2, 0.25) is 0 Å². The van der Waals surface area contributed by atoms with Gasteiger partial charge in [-0.2, -0.15) is 0 Å². The fourth-order valence-corrected chi connectivity index (χ4v) is 5.72. The molecule has 1 unspecified atom stereocenters. The van der Waals surface area contributed by atoms with Crippen LogP contribution in [0.1, 0.15) is 5.56 Å². The maximum Gasteiger partial charge on any atom is 0.222 e. The number of furan rings is 1. The highest BCUT2D eigenvalue weighted by Gasteiger charge is 2.35. The van der Waals surface area contributed by atoms with Crippen LogP contribution in [0.5, 0.6) is 0 Å². The molecule has 5 aromatic rings.